The van der Waals surface area contributed by atoms with Gasteiger partial charge in [0.1, 0.15) is 0 Å². The molecule has 2 rings (SSSR count). The Morgan fingerprint density at radius 3 is 2.17 bits per heavy atom. The van der Waals surface area contributed by atoms with Crippen LogP contribution in [0, 0.1) is 11.8 Å². The second-order valence-corrected chi connectivity index (χ2v) is 6.32. The lowest BCUT2D eigenvalue weighted by molar-refractivity contribution is -0.142. The van der Waals surface area contributed by atoms with Crippen molar-refractivity contribution in [1.29, 1.82) is 0 Å². The van der Waals surface area contributed by atoms with Crippen molar-refractivity contribution in [2.24, 2.45) is 11.8 Å². The summed E-state index contributed by atoms with van der Waals surface area (Å²) in [6, 6.07) is -0.212. The lowest BCUT2D eigenvalue weighted by Gasteiger charge is -2.28. The fourth-order valence-corrected chi connectivity index (χ4v) is 3.84. The highest BCUT2D eigenvalue weighted by molar-refractivity contribution is 7.99. The average Bonchev–Trinajstić information content (AvgIpc) is 2.64. The van der Waals surface area contributed by atoms with Crippen LogP contribution in [-0.2, 0) is 9.59 Å². The molecule has 4 unspecified atom stereocenters. The minimum atomic E-state index is -0.212. The smallest absolute Gasteiger partial charge is 0.233 e. The summed E-state index contributed by atoms with van der Waals surface area (Å²) < 4.78 is 0. The SMILES string of the molecule is CSC(CO)C(C)N1C(=O)C2CCCCC2C1=O. The van der Waals surface area contributed by atoms with Gasteiger partial charge >= 0.3 is 0 Å². The van der Waals surface area contributed by atoms with Crippen molar-refractivity contribution >= 4 is 23.6 Å². The monoisotopic (exact) mass is 271 g/mol. The van der Waals surface area contributed by atoms with Crippen LogP contribution in [0.3, 0.4) is 0 Å². The van der Waals surface area contributed by atoms with Gasteiger partial charge in [-0.2, -0.15) is 11.8 Å². The number of carbonyl (C=O) groups excluding carboxylic acids is 2. The summed E-state index contributed by atoms with van der Waals surface area (Å²) in [4.78, 5) is 26.1. The van der Waals surface area contributed by atoms with Crippen LogP contribution < -0.4 is 0 Å². The molecule has 1 saturated carbocycles. The van der Waals surface area contributed by atoms with E-state index in [9.17, 15) is 14.7 Å². The van der Waals surface area contributed by atoms with Crippen molar-refractivity contribution in [2.45, 2.75) is 43.9 Å². The van der Waals surface area contributed by atoms with Crippen LogP contribution in [0.1, 0.15) is 32.6 Å². The molecule has 18 heavy (non-hydrogen) atoms. The Labute approximate surface area is 112 Å². The molecular formula is C13H21NO3S. The van der Waals surface area contributed by atoms with E-state index in [-0.39, 0.29) is 41.5 Å². The number of aliphatic hydroxyl groups excluding tert-OH is 1. The van der Waals surface area contributed by atoms with Gasteiger partial charge in [-0.1, -0.05) is 12.8 Å². The summed E-state index contributed by atoms with van der Waals surface area (Å²) in [5.41, 5.74) is 0. The molecule has 2 aliphatic rings. The van der Waals surface area contributed by atoms with Gasteiger partial charge in [-0.15, -0.1) is 0 Å². The Hall–Kier alpha value is -0.550. The van der Waals surface area contributed by atoms with Gasteiger partial charge in [0.2, 0.25) is 11.8 Å². The number of imide groups is 1. The number of amides is 2. The van der Waals surface area contributed by atoms with E-state index in [1.807, 2.05) is 13.2 Å². The number of hydrogen-bond donors (Lipinski definition) is 1. The fraction of sp³-hybridized carbons (Fsp3) is 0.846. The Bertz CT molecular complexity index is 319. The minimum Gasteiger partial charge on any atom is -0.395 e. The fourth-order valence-electron chi connectivity index (χ4n) is 3.18. The number of thioether (sulfide) groups is 1. The molecule has 0 bridgehead atoms. The molecule has 1 N–H and O–H groups in total. The third-order valence-electron chi connectivity index (χ3n) is 4.30. The van der Waals surface area contributed by atoms with Crippen molar-refractivity contribution in [2.75, 3.05) is 12.9 Å². The normalized spacial score (nSPS) is 31.4. The van der Waals surface area contributed by atoms with E-state index in [4.69, 9.17) is 0 Å². The minimum absolute atomic E-state index is 0.00523. The molecule has 4 nitrogen and oxygen atoms in total. The van der Waals surface area contributed by atoms with Crippen LogP contribution in [0.5, 0.6) is 0 Å². The van der Waals surface area contributed by atoms with Crippen LogP contribution in [0.4, 0.5) is 0 Å². The van der Waals surface area contributed by atoms with E-state index < -0.39 is 0 Å². The van der Waals surface area contributed by atoms with Gasteiger partial charge in [0.05, 0.1) is 24.5 Å². The third-order valence-corrected chi connectivity index (χ3v) is 5.45. The number of hydrogen-bond acceptors (Lipinski definition) is 4. The number of nitrogens with zero attached hydrogens (tertiary/aromatic N) is 1. The van der Waals surface area contributed by atoms with Gasteiger partial charge in [-0.3, -0.25) is 14.5 Å². The number of carbonyl (C=O) groups is 2. The molecule has 4 atom stereocenters. The zero-order chi connectivity index (χ0) is 13.3. The number of fused-ring (bicyclic) bond motifs is 1. The number of rotatable bonds is 4. The Kier molecular flexibility index (Phi) is 4.33. The van der Waals surface area contributed by atoms with Gasteiger partial charge in [0.25, 0.3) is 0 Å². The second-order valence-electron chi connectivity index (χ2n) is 5.24. The lowest BCUT2D eigenvalue weighted by atomic mass is 9.81. The first kappa shape index (κ1) is 13.9. The van der Waals surface area contributed by atoms with E-state index in [2.05, 4.69) is 0 Å². The summed E-state index contributed by atoms with van der Waals surface area (Å²) in [6.07, 6.45) is 5.70. The predicted octanol–water partition coefficient (Wildman–Crippen LogP) is 1.27. The molecule has 1 saturated heterocycles. The first-order chi connectivity index (χ1) is 8.61. The maximum absolute atomic E-state index is 12.3. The molecule has 102 valence electrons. The third kappa shape index (κ3) is 2.18. The van der Waals surface area contributed by atoms with Crippen LogP contribution >= 0.6 is 11.8 Å². The number of aliphatic hydroxyl groups is 1. The summed E-state index contributed by atoms with van der Waals surface area (Å²) in [7, 11) is 0. The van der Waals surface area contributed by atoms with Gasteiger partial charge in [0, 0.05) is 5.25 Å². The average molecular weight is 271 g/mol. The second kappa shape index (κ2) is 5.61. The van der Waals surface area contributed by atoms with E-state index in [0.717, 1.165) is 25.7 Å². The Morgan fingerprint density at radius 1 is 1.28 bits per heavy atom. The maximum Gasteiger partial charge on any atom is 0.233 e. The highest BCUT2D eigenvalue weighted by atomic mass is 32.2. The summed E-state index contributed by atoms with van der Waals surface area (Å²) in [5.74, 6) is -0.195. The molecule has 0 spiro atoms. The van der Waals surface area contributed by atoms with Crippen molar-refractivity contribution < 1.29 is 14.7 Å². The van der Waals surface area contributed by atoms with Gasteiger partial charge in [-0.05, 0) is 26.0 Å². The maximum atomic E-state index is 12.3. The molecule has 0 aromatic heterocycles. The Morgan fingerprint density at radius 2 is 1.78 bits per heavy atom. The largest absolute Gasteiger partial charge is 0.395 e. The van der Waals surface area contributed by atoms with Crippen LogP contribution in [0.25, 0.3) is 0 Å². The predicted molar refractivity (Wildman–Crippen MR) is 71.2 cm³/mol. The molecule has 1 aliphatic carbocycles. The van der Waals surface area contributed by atoms with Gasteiger partial charge in [0.15, 0.2) is 0 Å². The van der Waals surface area contributed by atoms with E-state index >= 15 is 0 Å². The van der Waals surface area contributed by atoms with Crippen LogP contribution in [0.2, 0.25) is 0 Å². The van der Waals surface area contributed by atoms with E-state index in [0.29, 0.717) is 0 Å². The first-order valence-corrected chi connectivity index (χ1v) is 7.91. The summed E-state index contributed by atoms with van der Waals surface area (Å²) >= 11 is 1.51. The van der Waals surface area contributed by atoms with Crippen LogP contribution in [0.15, 0.2) is 0 Å². The molecule has 0 aromatic rings. The molecule has 5 heteroatoms. The van der Waals surface area contributed by atoms with E-state index in [1.165, 1.54) is 16.7 Å². The van der Waals surface area contributed by atoms with Crippen molar-refractivity contribution in [3.63, 3.8) is 0 Å². The molecule has 1 aliphatic heterocycles. The molecule has 2 fully saturated rings. The van der Waals surface area contributed by atoms with E-state index in [1.54, 1.807) is 0 Å². The van der Waals surface area contributed by atoms with Crippen molar-refractivity contribution in [3.05, 3.63) is 0 Å². The molecule has 2 amide bonds. The Balaban J connectivity index is 2.18. The van der Waals surface area contributed by atoms with Gasteiger partial charge in [-0.25, -0.2) is 0 Å². The first-order valence-electron chi connectivity index (χ1n) is 6.62. The van der Waals surface area contributed by atoms with Gasteiger partial charge < -0.3 is 5.11 Å². The zero-order valence-corrected chi connectivity index (χ0v) is 11.8. The summed E-state index contributed by atoms with van der Waals surface area (Å²) in [5, 5.41) is 9.23. The highest BCUT2D eigenvalue weighted by Gasteiger charge is 2.50. The van der Waals surface area contributed by atoms with Crippen molar-refractivity contribution in [1.82, 2.24) is 4.90 Å². The highest BCUT2D eigenvalue weighted by Crippen LogP contribution is 2.39. The number of likely N-dealkylation sites (tertiary alicyclic amines) is 1. The summed E-state index contributed by atoms with van der Waals surface area (Å²) in [6.45, 7) is 1.86. The molecule has 0 radical (unpaired) electrons. The zero-order valence-electron chi connectivity index (χ0n) is 11.0. The topological polar surface area (TPSA) is 57.6 Å². The lowest BCUT2D eigenvalue weighted by Crippen LogP contribution is -2.45. The quantitative estimate of drug-likeness (QED) is 0.782. The molecule has 0 aromatic carbocycles. The van der Waals surface area contributed by atoms with Crippen molar-refractivity contribution in [3.8, 4) is 0 Å². The molecule has 1 heterocycles. The molecular weight excluding hydrogens is 250 g/mol. The standard InChI is InChI=1S/C13H21NO3S/c1-8(11(7-15)18-2)14-12(16)9-5-3-4-6-10(9)13(14)17/h8-11,15H,3-7H2,1-2H3. The van der Waals surface area contributed by atoms with Crippen LogP contribution in [-0.4, -0.2) is 46.0 Å².